The number of halogens is 2. The first-order chi connectivity index (χ1) is 9.42. The number of anilines is 1. The summed E-state index contributed by atoms with van der Waals surface area (Å²) in [6, 6.07) is 5.57. The Labute approximate surface area is 129 Å². The van der Waals surface area contributed by atoms with E-state index in [0.29, 0.717) is 12.2 Å². The number of sulfonamides is 1. The minimum absolute atomic E-state index is 0.208. The zero-order valence-electron chi connectivity index (χ0n) is 10.5. The molecule has 0 aliphatic carbocycles. The first kappa shape index (κ1) is 15.4. The molecule has 0 atom stereocenters. The summed E-state index contributed by atoms with van der Waals surface area (Å²) in [5.41, 5.74) is 1.21. The summed E-state index contributed by atoms with van der Waals surface area (Å²) < 4.78 is 40.3. The summed E-state index contributed by atoms with van der Waals surface area (Å²) in [6.07, 6.45) is 0. The maximum absolute atomic E-state index is 13.1. The fourth-order valence-corrected chi connectivity index (χ4v) is 4.19. The van der Waals surface area contributed by atoms with E-state index in [0.717, 1.165) is 16.9 Å². The van der Waals surface area contributed by atoms with Crippen molar-refractivity contribution in [2.45, 2.75) is 10.8 Å². The van der Waals surface area contributed by atoms with Crippen molar-refractivity contribution in [2.75, 3.05) is 11.8 Å². The second kappa shape index (κ2) is 6.21. The van der Waals surface area contributed by atoms with Crippen LogP contribution in [0, 0.1) is 5.82 Å². The summed E-state index contributed by atoms with van der Waals surface area (Å²) in [6.45, 7) is 0.605. The highest BCUT2D eigenvalue weighted by molar-refractivity contribution is 9.10. The predicted octanol–water partition coefficient (Wildman–Crippen LogP) is 3.17. The van der Waals surface area contributed by atoms with E-state index in [-0.39, 0.29) is 8.68 Å². The van der Waals surface area contributed by atoms with E-state index in [1.54, 1.807) is 18.5 Å². The third kappa shape index (κ3) is 3.57. The molecule has 8 heteroatoms. The van der Waals surface area contributed by atoms with Crippen LogP contribution >= 0.6 is 27.3 Å². The summed E-state index contributed by atoms with van der Waals surface area (Å²) >= 11 is 4.17. The minimum Gasteiger partial charge on any atom is -0.316 e. The third-order valence-corrected chi connectivity index (χ3v) is 5.92. The van der Waals surface area contributed by atoms with Crippen LogP contribution < -0.4 is 10.0 Å². The molecule has 108 valence electrons. The lowest BCUT2D eigenvalue weighted by molar-refractivity contribution is 0.602. The van der Waals surface area contributed by atoms with Crippen molar-refractivity contribution in [3.63, 3.8) is 0 Å². The molecular formula is C12H12BrFN2O2S2. The van der Waals surface area contributed by atoms with Gasteiger partial charge in [0.1, 0.15) is 10.0 Å². The molecule has 1 aromatic heterocycles. The number of benzene rings is 1. The molecule has 2 aromatic rings. The van der Waals surface area contributed by atoms with Gasteiger partial charge >= 0.3 is 0 Å². The molecule has 0 unspecified atom stereocenters. The SMILES string of the molecule is CNCc1csc(S(=O)(=O)Nc2ccc(F)c(Br)c2)c1. The Morgan fingerprint density at radius 2 is 2.10 bits per heavy atom. The number of thiophene rings is 1. The van der Waals surface area contributed by atoms with Gasteiger partial charge in [0.25, 0.3) is 10.0 Å². The normalized spacial score (nSPS) is 11.6. The van der Waals surface area contributed by atoms with E-state index >= 15 is 0 Å². The van der Waals surface area contributed by atoms with E-state index in [4.69, 9.17) is 0 Å². The molecule has 0 saturated heterocycles. The molecule has 2 rings (SSSR count). The van der Waals surface area contributed by atoms with Crippen LogP contribution in [0.4, 0.5) is 10.1 Å². The van der Waals surface area contributed by atoms with Crippen LogP contribution in [0.25, 0.3) is 0 Å². The summed E-state index contributed by atoms with van der Waals surface area (Å²) in [7, 11) is -1.85. The highest BCUT2D eigenvalue weighted by Crippen LogP contribution is 2.25. The molecule has 0 aliphatic heterocycles. The van der Waals surface area contributed by atoms with Crippen LogP contribution in [0.15, 0.2) is 38.3 Å². The van der Waals surface area contributed by atoms with Gasteiger partial charge in [-0.05, 0) is 58.2 Å². The van der Waals surface area contributed by atoms with E-state index in [9.17, 15) is 12.8 Å². The zero-order valence-corrected chi connectivity index (χ0v) is 13.7. The molecule has 4 nitrogen and oxygen atoms in total. The molecule has 0 amide bonds. The van der Waals surface area contributed by atoms with Gasteiger partial charge in [-0.3, -0.25) is 4.72 Å². The van der Waals surface area contributed by atoms with Crippen LogP contribution in [-0.4, -0.2) is 15.5 Å². The Balaban J connectivity index is 2.23. The van der Waals surface area contributed by atoms with Gasteiger partial charge in [0, 0.05) is 6.54 Å². The monoisotopic (exact) mass is 378 g/mol. The second-order valence-corrected chi connectivity index (χ2v) is 7.71. The standard InChI is InChI=1S/C12H12BrFN2O2S2/c1-15-6-8-4-12(19-7-8)20(17,18)16-9-2-3-11(14)10(13)5-9/h2-5,7,15-16H,6H2,1H3. The summed E-state index contributed by atoms with van der Waals surface area (Å²) in [5, 5.41) is 4.74. The molecular weight excluding hydrogens is 367 g/mol. The van der Waals surface area contributed by atoms with Crippen molar-refractivity contribution < 1.29 is 12.8 Å². The van der Waals surface area contributed by atoms with E-state index < -0.39 is 15.8 Å². The topological polar surface area (TPSA) is 58.2 Å². The average Bonchev–Trinajstić information content (AvgIpc) is 2.83. The predicted molar refractivity (Wildman–Crippen MR) is 82.0 cm³/mol. The molecule has 0 bridgehead atoms. The zero-order chi connectivity index (χ0) is 14.8. The van der Waals surface area contributed by atoms with Gasteiger partial charge in [-0.1, -0.05) is 0 Å². The lowest BCUT2D eigenvalue weighted by Gasteiger charge is -2.06. The number of rotatable bonds is 5. The Bertz CT molecular complexity index is 716. The quantitative estimate of drug-likeness (QED) is 0.839. The van der Waals surface area contributed by atoms with E-state index in [2.05, 4.69) is 26.0 Å². The van der Waals surface area contributed by atoms with Gasteiger partial charge in [0.15, 0.2) is 0 Å². The second-order valence-electron chi connectivity index (χ2n) is 4.04. The molecule has 0 fully saturated rings. The lowest BCUT2D eigenvalue weighted by atomic mass is 10.3. The van der Waals surface area contributed by atoms with Crippen molar-refractivity contribution in [2.24, 2.45) is 0 Å². The van der Waals surface area contributed by atoms with Crippen LogP contribution in [0.3, 0.4) is 0 Å². The number of hydrogen-bond donors (Lipinski definition) is 2. The Kier molecular flexibility index (Phi) is 4.79. The fourth-order valence-electron chi connectivity index (χ4n) is 1.56. The average molecular weight is 379 g/mol. The Morgan fingerprint density at radius 3 is 2.75 bits per heavy atom. The highest BCUT2D eigenvalue weighted by atomic mass is 79.9. The van der Waals surface area contributed by atoms with Crippen molar-refractivity contribution in [3.05, 3.63) is 45.5 Å². The van der Waals surface area contributed by atoms with E-state index in [1.807, 2.05) is 0 Å². The van der Waals surface area contributed by atoms with Crippen molar-refractivity contribution in [1.82, 2.24) is 5.32 Å². The van der Waals surface area contributed by atoms with Crippen LogP contribution in [0.1, 0.15) is 5.56 Å². The first-order valence-corrected chi connectivity index (χ1v) is 8.78. The highest BCUT2D eigenvalue weighted by Gasteiger charge is 2.17. The molecule has 2 N–H and O–H groups in total. The van der Waals surface area contributed by atoms with Crippen LogP contribution in [0.2, 0.25) is 0 Å². The van der Waals surface area contributed by atoms with Gasteiger partial charge in [-0.25, -0.2) is 12.8 Å². The molecule has 0 radical (unpaired) electrons. The number of hydrogen-bond acceptors (Lipinski definition) is 4. The molecule has 0 saturated carbocycles. The summed E-state index contributed by atoms with van der Waals surface area (Å²) in [4.78, 5) is 0. The smallest absolute Gasteiger partial charge is 0.271 e. The van der Waals surface area contributed by atoms with Crippen LogP contribution in [-0.2, 0) is 16.6 Å². The van der Waals surface area contributed by atoms with E-state index in [1.165, 1.54) is 18.2 Å². The van der Waals surface area contributed by atoms with Crippen LogP contribution in [0.5, 0.6) is 0 Å². The number of nitrogens with one attached hydrogen (secondary N) is 2. The first-order valence-electron chi connectivity index (χ1n) is 5.62. The van der Waals surface area contributed by atoms with Gasteiger partial charge in [-0.15, -0.1) is 11.3 Å². The fraction of sp³-hybridized carbons (Fsp3) is 0.167. The van der Waals surface area contributed by atoms with Crippen molar-refractivity contribution >= 4 is 43.0 Å². The lowest BCUT2D eigenvalue weighted by Crippen LogP contribution is -2.11. The maximum atomic E-state index is 13.1. The minimum atomic E-state index is -3.64. The molecule has 20 heavy (non-hydrogen) atoms. The molecule has 1 aromatic carbocycles. The molecule has 1 heterocycles. The van der Waals surface area contributed by atoms with Gasteiger partial charge < -0.3 is 5.32 Å². The van der Waals surface area contributed by atoms with Crippen molar-refractivity contribution in [1.29, 1.82) is 0 Å². The molecule has 0 spiro atoms. The summed E-state index contributed by atoms with van der Waals surface area (Å²) in [5.74, 6) is -0.444. The Hall–Kier alpha value is -0.960. The Morgan fingerprint density at radius 1 is 1.35 bits per heavy atom. The largest absolute Gasteiger partial charge is 0.316 e. The van der Waals surface area contributed by atoms with Gasteiger partial charge in [0.05, 0.1) is 10.2 Å². The van der Waals surface area contributed by atoms with Gasteiger partial charge in [-0.2, -0.15) is 0 Å². The molecule has 0 aliphatic rings. The van der Waals surface area contributed by atoms with Crippen molar-refractivity contribution in [3.8, 4) is 0 Å². The maximum Gasteiger partial charge on any atom is 0.271 e. The van der Waals surface area contributed by atoms with Gasteiger partial charge in [0.2, 0.25) is 0 Å². The third-order valence-electron chi connectivity index (χ3n) is 2.45.